The highest BCUT2D eigenvalue weighted by Crippen LogP contribution is 2.18. The van der Waals surface area contributed by atoms with Crippen LogP contribution in [0.15, 0.2) is 9.41 Å². The summed E-state index contributed by atoms with van der Waals surface area (Å²) < 4.78 is 5.54. The highest BCUT2D eigenvalue weighted by Gasteiger charge is 2.24. The summed E-state index contributed by atoms with van der Waals surface area (Å²) in [5.74, 6) is 2.11. The van der Waals surface area contributed by atoms with Gasteiger partial charge in [-0.1, -0.05) is 26.7 Å². The van der Waals surface area contributed by atoms with Gasteiger partial charge in [-0.25, -0.2) is 9.98 Å². The minimum atomic E-state index is -0.685. The molecular formula is C17H32N4O2. The van der Waals surface area contributed by atoms with E-state index >= 15 is 0 Å². The number of guanidine groups is 1. The molecule has 0 bridgehead atoms. The Morgan fingerprint density at radius 3 is 2.30 bits per heavy atom. The van der Waals surface area contributed by atoms with Gasteiger partial charge in [0.05, 0.1) is 11.3 Å². The number of hydrogen-bond donors (Lipinski definition) is 3. The van der Waals surface area contributed by atoms with Gasteiger partial charge in [-0.15, -0.1) is 0 Å². The van der Waals surface area contributed by atoms with E-state index in [4.69, 9.17) is 4.42 Å². The third-order valence-corrected chi connectivity index (χ3v) is 3.81. The van der Waals surface area contributed by atoms with Gasteiger partial charge in [-0.2, -0.15) is 0 Å². The molecule has 0 aliphatic heterocycles. The van der Waals surface area contributed by atoms with Crippen LogP contribution in [0.1, 0.15) is 63.8 Å². The highest BCUT2D eigenvalue weighted by atomic mass is 16.4. The zero-order valence-corrected chi connectivity index (χ0v) is 15.2. The summed E-state index contributed by atoms with van der Waals surface area (Å²) in [5, 5.41) is 17.1. The van der Waals surface area contributed by atoms with Crippen molar-refractivity contribution in [3.05, 3.63) is 17.3 Å². The van der Waals surface area contributed by atoms with Crippen LogP contribution in [0.2, 0.25) is 0 Å². The minimum Gasteiger partial charge on any atom is -0.444 e. The van der Waals surface area contributed by atoms with E-state index in [0.717, 1.165) is 43.7 Å². The molecule has 0 aliphatic carbocycles. The van der Waals surface area contributed by atoms with Gasteiger partial charge in [0.25, 0.3) is 0 Å². The number of nitrogens with zero attached hydrogens (tertiary/aromatic N) is 2. The average Bonchev–Trinajstić information content (AvgIpc) is 2.81. The van der Waals surface area contributed by atoms with Crippen LogP contribution in [-0.2, 0) is 6.54 Å². The standard InChI is InChI=1S/C17H32N4O2/c1-6-9-17(22,10-7-2)12-20-16(18-8-3)19-11-15-21-13(4)14(5)23-15/h22H,6-12H2,1-5H3,(H2,18,19,20). The van der Waals surface area contributed by atoms with E-state index < -0.39 is 5.60 Å². The Balaban J connectivity index is 2.67. The summed E-state index contributed by atoms with van der Waals surface area (Å²) in [5.41, 5.74) is 0.212. The van der Waals surface area contributed by atoms with Crippen molar-refractivity contribution in [1.82, 2.24) is 15.6 Å². The first-order chi connectivity index (χ1) is 10.9. The first-order valence-electron chi connectivity index (χ1n) is 8.61. The Bertz CT molecular complexity index is 471. The molecule has 1 aromatic heterocycles. The third kappa shape index (κ3) is 6.60. The second-order valence-electron chi connectivity index (χ2n) is 6.02. The van der Waals surface area contributed by atoms with Crippen LogP contribution in [0, 0.1) is 13.8 Å². The lowest BCUT2D eigenvalue weighted by molar-refractivity contribution is 0.0257. The first-order valence-corrected chi connectivity index (χ1v) is 8.61. The third-order valence-electron chi connectivity index (χ3n) is 3.81. The highest BCUT2D eigenvalue weighted by molar-refractivity contribution is 5.79. The maximum Gasteiger partial charge on any atom is 0.216 e. The number of oxazole rings is 1. The maximum absolute atomic E-state index is 10.7. The van der Waals surface area contributed by atoms with Crippen LogP contribution in [0.25, 0.3) is 0 Å². The Hall–Kier alpha value is -1.56. The predicted octanol–water partition coefficient (Wildman–Crippen LogP) is 2.68. The van der Waals surface area contributed by atoms with E-state index in [1.165, 1.54) is 0 Å². The Morgan fingerprint density at radius 1 is 1.17 bits per heavy atom. The van der Waals surface area contributed by atoms with Gasteiger partial charge in [0.2, 0.25) is 5.89 Å². The Kier molecular flexibility index (Phi) is 8.09. The molecule has 6 nitrogen and oxygen atoms in total. The molecular weight excluding hydrogens is 292 g/mol. The van der Waals surface area contributed by atoms with Crippen molar-refractivity contribution >= 4 is 5.96 Å². The van der Waals surface area contributed by atoms with Crippen molar-refractivity contribution in [2.75, 3.05) is 13.1 Å². The fourth-order valence-corrected chi connectivity index (χ4v) is 2.58. The molecule has 6 heteroatoms. The van der Waals surface area contributed by atoms with Crippen molar-refractivity contribution in [2.24, 2.45) is 4.99 Å². The van der Waals surface area contributed by atoms with Crippen LogP contribution in [-0.4, -0.2) is 34.7 Å². The molecule has 0 fully saturated rings. The molecule has 0 unspecified atom stereocenters. The number of hydrogen-bond acceptors (Lipinski definition) is 4. The summed E-state index contributed by atoms with van der Waals surface area (Å²) in [6.07, 6.45) is 3.48. The van der Waals surface area contributed by atoms with Gasteiger partial charge in [0.15, 0.2) is 5.96 Å². The molecule has 132 valence electrons. The van der Waals surface area contributed by atoms with Gasteiger partial charge in [-0.05, 0) is 33.6 Å². The fraction of sp³-hybridized carbons (Fsp3) is 0.765. The summed E-state index contributed by atoms with van der Waals surface area (Å²) in [6, 6.07) is 0. The number of rotatable bonds is 9. The van der Waals surface area contributed by atoms with Crippen molar-refractivity contribution in [1.29, 1.82) is 0 Å². The molecule has 1 aromatic rings. The van der Waals surface area contributed by atoms with Gasteiger partial charge in [0.1, 0.15) is 12.3 Å². The average molecular weight is 324 g/mol. The van der Waals surface area contributed by atoms with Crippen molar-refractivity contribution in [2.45, 2.75) is 72.4 Å². The van der Waals surface area contributed by atoms with Crippen molar-refractivity contribution in [3.8, 4) is 0 Å². The number of nitrogens with one attached hydrogen (secondary N) is 2. The van der Waals surface area contributed by atoms with Crippen LogP contribution in [0.5, 0.6) is 0 Å². The van der Waals surface area contributed by atoms with Crippen LogP contribution in [0.4, 0.5) is 0 Å². The molecule has 0 saturated heterocycles. The predicted molar refractivity (Wildman–Crippen MR) is 93.6 cm³/mol. The number of aryl methyl sites for hydroxylation is 2. The summed E-state index contributed by atoms with van der Waals surface area (Å²) in [4.78, 5) is 8.82. The van der Waals surface area contributed by atoms with Crippen molar-refractivity contribution < 1.29 is 9.52 Å². The van der Waals surface area contributed by atoms with E-state index in [0.29, 0.717) is 24.9 Å². The second kappa shape index (κ2) is 9.55. The van der Waals surface area contributed by atoms with E-state index in [2.05, 4.69) is 34.5 Å². The zero-order chi connectivity index (χ0) is 17.3. The van der Waals surface area contributed by atoms with Gasteiger partial charge < -0.3 is 20.2 Å². The number of aromatic nitrogens is 1. The van der Waals surface area contributed by atoms with E-state index in [1.807, 2.05) is 20.8 Å². The van der Waals surface area contributed by atoms with Gasteiger partial charge in [0, 0.05) is 13.1 Å². The van der Waals surface area contributed by atoms with Crippen LogP contribution in [0.3, 0.4) is 0 Å². The topological polar surface area (TPSA) is 82.7 Å². The molecule has 3 N–H and O–H groups in total. The summed E-state index contributed by atoms with van der Waals surface area (Å²) >= 11 is 0. The molecule has 0 radical (unpaired) electrons. The largest absolute Gasteiger partial charge is 0.444 e. The SMILES string of the molecule is CCCC(O)(CCC)CNC(=NCc1nc(C)c(C)o1)NCC. The van der Waals surface area contributed by atoms with E-state index in [-0.39, 0.29) is 0 Å². The van der Waals surface area contributed by atoms with Crippen molar-refractivity contribution in [3.63, 3.8) is 0 Å². The minimum absolute atomic E-state index is 0.379. The molecule has 0 saturated carbocycles. The monoisotopic (exact) mass is 324 g/mol. The van der Waals surface area contributed by atoms with E-state index in [1.54, 1.807) is 0 Å². The molecule has 0 aromatic carbocycles. The zero-order valence-electron chi connectivity index (χ0n) is 15.2. The molecule has 1 rings (SSSR count). The Labute approximate surface area is 139 Å². The molecule has 0 amide bonds. The summed E-state index contributed by atoms with van der Waals surface area (Å²) in [6.45, 7) is 11.6. The lowest BCUT2D eigenvalue weighted by Gasteiger charge is -2.28. The smallest absolute Gasteiger partial charge is 0.216 e. The van der Waals surface area contributed by atoms with Crippen LogP contribution >= 0.6 is 0 Å². The van der Waals surface area contributed by atoms with Gasteiger partial charge in [-0.3, -0.25) is 0 Å². The Morgan fingerprint density at radius 2 is 1.83 bits per heavy atom. The van der Waals surface area contributed by atoms with Gasteiger partial charge >= 0.3 is 0 Å². The first kappa shape index (κ1) is 19.5. The lowest BCUT2D eigenvalue weighted by atomic mass is 9.93. The number of aliphatic hydroxyl groups is 1. The van der Waals surface area contributed by atoms with Crippen LogP contribution < -0.4 is 10.6 Å². The molecule has 0 spiro atoms. The summed E-state index contributed by atoms with van der Waals surface area (Å²) in [7, 11) is 0. The maximum atomic E-state index is 10.7. The normalized spacial score (nSPS) is 12.5. The molecule has 23 heavy (non-hydrogen) atoms. The molecule has 1 heterocycles. The molecule has 0 aliphatic rings. The second-order valence-corrected chi connectivity index (χ2v) is 6.02. The van der Waals surface area contributed by atoms with E-state index in [9.17, 15) is 5.11 Å². The lowest BCUT2D eigenvalue weighted by Crippen LogP contribution is -2.47. The quantitative estimate of drug-likeness (QED) is 0.480. The molecule has 0 atom stereocenters. The number of aliphatic imine (C=N–C) groups is 1. The fourth-order valence-electron chi connectivity index (χ4n) is 2.58.